The molecular formula is C11H15N5O2. The molecule has 0 saturated carbocycles. The highest BCUT2D eigenvalue weighted by molar-refractivity contribution is 5.77. The van der Waals surface area contributed by atoms with E-state index in [9.17, 15) is 4.79 Å². The van der Waals surface area contributed by atoms with E-state index in [4.69, 9.17) is 5.11 Å². The van der Waals surface area contributed by atoms with E-state index in [1.165, 1.54) is 0 Å². The van der Waals surface area contributed by atoms with Crippen LogP contribution in [0.15, 0.2) is 12.1 Å². The molecule has 0 saturated heterocycles. The maximum absolute atomic E-state index is 11.1. The summed E-state index contributed by atoms with van der Waals surface area (Å²) in [5.41, 5.74) is 0.634. The molecule has 2 aromatic rings. The first-order chi connectivity index (χ1) is 8.49. The molecule has 0 aliphatic carbocycles. The quantitative estimate of drug-likeness (QED) is 0.838. The number of hydrogen-bond acceptors (Lipinski definition) is 5. The molecule has 0 aromatic carbocycles. The minimum absolute atomic E-state index is 0.0398. The Balaban J connectivity index is 2.30. The van der Waals surface area contributed by atoms with Crippen molar-refractivity contribution >= 4 is 17.4 Å². The van der Waals surface area contributed by atoms with Gasteiger partial charge in [0, 0.05) is 0 Å². The average Bonchev–Trinajstić information content (AvgIpc) is 2.67. The molecule has 0 spiro atoms. The minimum Gasteiger partial charge on any atom is -0.480 e. The number of aliphatic carboxylic acids is 1. The van der Waals surface area contributed by atoms with E-state index in [-0.39, 0.29) is 5.92 Å². The first-order valence-electron chi connectivity index (χ1n) is 5.67. The maximum Gasteiger partial charge on any atom is 0.326 e. The zero-order valence-electron chi connectivity index (χ0n) is 10.5. The van der Waals surface area contributed by atoms with Gasteiger partial charge in [0.25, 0.3) is 0 Å². The number of hydrogen-bond donors (Lipinski definition) is 2. The van der Waals surface area contributed by atoms with Crippen molar-refractivity contribution < 1.29 is 9.90 Å². The summed E-state index contributed by atoms with van der Waals surface area (Å²) in [6.07, 6.45) is 0. The van der Waals surface area contributed by atoms with Crippen molar-refractivity contribution in [3.63, 3.8) is 0 Å². The number of fused-ring (bicyclic) bond motifs is 1. The van der Waals surface area contributed by atoms with Gasteiger partial charge in [-0.1, -0.05) is 13.8 Å². The van der Waals surface area contributed by atoms with E-state index in [0.29, 0.717) is 17.3 Å². The largest absolute Gasteiger partial charge is 0.480 e. The van der Waals surface area contributed by atoms with E-state index in [1.54, 1.807) is 23.6 Å². The van der Waals surface area contributed by atoms with Crippen LogP contribution in [-0.2, 0) is 4.79 Å². The Morgan fingerprint density at radius 2 is 2.11 bits per heavy atom. The number of aryl methyl sites for hydroxylation is 1. The van der Waals surface area contributed by atoms with Gasteiger partial charge in [0.1, 0.15) is 11.9 Å². The minimum atomic E-state index is -0.896. The van der Waals surface area contributed by atoms with Gasteiger partial charge in [-0.15, -0.1) is 15.3 Å². The Bertz CT molecular complexity index is 578. The third-order valence-corrected chi connectivity index (χ3v) is 2.65. The van der Waals surface area contributed by atoms with Gasteiger partial charge in [-0.3, -0.25) is 0 Å². The third kappa shape index (κ3) is 2.24. The number of rotatable bonds is 4. The van der Waals surface area contributed by atoms with Gasteiger partial charge in [0.2, 0.25) is 0 Å². The standard InChI is InChI=1S/C11H15N5O2/c1-6(2)10(11(17)18)12-8-4-5-9-14-13-7(3)16(9)15-8/h4-6,10H,1-3H3,(H,12,15)(H,17,18)/t10-/m0/s1. The van der Waals surface area contributed by atoms with Gasteiger partial charge >= 0.3 is 5.97 Å². The molecule has 0 amide bonds. The van der Waals surface area contributed by atoms with Gasteiger partial charge in [-0.2, -0.15) is 4.52 Å². The molecule has 2 rings (SSSR count). The Labute approximate surface area is 104 Å². The molecule has 96 valence electrons. The second kappa shape index (κ2) is 4.59. The Morgan fingerprint density at radius 3 is 2.72 bits per heavy atom. The summed E-state index contributed by atoms with van der Waals surface area (Å²) in [6, 6.07) is 2.77. The second-order valence-corrected chi connectivity index (χ2v) is 4.44. The van der Waals surface area contributed by atoms with Gasteiger partial charge in [-0.25, -0.2) is 4.79 Å². The highest BCUT2D eigenvalue weighted by Crippen LogP contribution is 2.12. The summed E-state index contributed by atoms with van der Waals surface area (Å²) in [6.45, 7) is 5.47. The zero-order chi connectivity index (χ0) is 13.3. The molecule has 2 N–H and O–H groups in total. The molecule has 2 aromatic heterocycles. The Kier molecular flexibility index (Phi) is 3.14. The van der Waals surface area contributed by atoms with E-state index in [1.807, 2.05) is 13.8 Å². The number of carbonyl (C=O) groups is 1. The summed E-state index contributed by atoms with van der Waals surface area (Å²) >= 11 is 0. The first-order valence-corrected chi connectivity index (χ1v) is 5.67. The molecule has 2 heterocycles. The van der Waals surface area contributed by atoms with Crippen LogP contribution in [0.2, 0.25) is 0 Å². The van der Waals surface area contributed by atoms with Gasteiger partial charge in [-0.05, 0) is 25.0 Å². The monoisotopic (exact) mass is 249 g/mol. The number of aromatic nitrogens is 4. The van der Waals surface area contributed by atoms with Crippen molar-refractivity contribution in [1.82, 2.24) is 19.8 Å². The lowest BCUT2D eigenvalue weighted by atomic mass is 10.1. The highest BCUT2D eigenvalue weighted by Gasteiger charge is 2.21. The second-order valence-electron chi connectivity index (χ2n) is 4.44. The molecule has 0 bridgehead atoms. The lowest BCUT2D eigenvalue weighted by Gasteiger charge is -2.18. The lowest BCUT2D eigenvalue weighted by molar-refractivity contribution is -0.138. The van der Waals surface area contributed by atoms with Crippen LogP contribution in [0.25, 0.3) is 5.65 Å². The average molecular weight is 249 g/mol. The topological polar surface area (TPSA) is 92.4 Å². The number of nitrogens with zero attached hydrogens (tertiary/aromatic N) is 4. The highest BCUT2D eigenvalue weighted by atomic mass is 16.4. The fourth-order valence-corrected chi connectivity index (χ4v) is 1.65. The zero-order valence-corrected chi connectivity index (χ0v) is 10.5. The third-order valence-electron chi connectivity index (χ3n) is 2.65. The Hall–Kier alpha value is -2.18. The predicted molar refractivity (Wildman–Crippen MR) is 65.4 cm³/mol. The number of carboxylic acids is 1. The van der Waals surface area contributed by atoms with Crippen molar-refractivity contribution in [2.45, 2.75) is 26.8 Å². The van der Waals surface area contributed by atoms with Crippen molar-refractivity contribution in [2.75, 3.05) is 5.32 Å². The molecule has 0 aliphatic rings. The SMILES string of the molecule is Cc1nnc2ccc(N[C@H](C(=O)O)C(C)C)nn12. The van der Waals surface area contributed by atoms with Crippen molar-refractivity contribution in [3.8, 4) is 0 Å². The van der Waals surface area contributed by atoms with Crippen LogP contribution in [0.3, 0.4) is 0 Å². The smallest absolute Gasteiger partial charge is 0.326 e. The molecular weight excluding hydrogens is 234 g/mol. The number of nitrogens with one attached hydrogen (secondary N) is 1. The summed E-state index contributed by atoms with van der Waals surface area (Å²) in [7, 11) is 0. The normalized spacial score (nSPS) is 12.9. The fraction of sp³-hybridized carbons (Fsp3) is 0.455. The molecule has 0 radical (unpaired) electrons. The van der Waals surface area contributed by atoms with Crippen molar-refractivity contribution in [3.05, 3.63) is 18.0 Å². The van der Waals surface area contributed by atoms with Crippen LogP contribution in [0.5, 0.6) is 0 Å². The molecule has 0 unspecified atom stereocenters. The maximum atomic E-state index is 11.1. The van der Waals surface area contributed by atoms with Crippen molar-refractivity contribution in [1.29, 1.82) is 0 Å². The molecule has 7 heteroatoms. The molecule has 1 atom stereocenters. The summed E-state index contributed by atoms with van der Waals surface area (Å²) < 4.78 is 1.57. The molecule has 18 heavy (non-hydrogen) atoms. The summed E-state index contributed by atoms with van der Waals surface area (Å²) in [4.78, 5) is 11.1. The van der Waals surface area contributed by atoms with Crippen LogP contribution in [0.4, 0.5) is 5.82 Å². The van der Waals surface area contributed by atoms with Crippen molar-refractivity contribution in [2.24, 2.45) is 5.92 Å². The molecule has 0 aliphatic heterocycles. The fourth-order valence-electron chi connectivity index (χ4n) is 1.65. The summed E-state index contributed by atoms with van der Waals surface area (Å²) in [5.74, 6) is 0.214. The van der Waals surface area contributed by atoms with Crippen LogP contribution < -0.4 is 5.32 Å². The van der Waals surface area contributed by atoms with E-state index in [0.717, 1.165) is 0 Å². The Morgan fingerprint density at radius 1 is 1.39 bits per heavy atom. The van der Waals surface area contributed by atoms with E-state index in [2.05, 4.69) is 20.6 Å². The van der Waals surface area contributed by atoms with E-state index >= 15 is 0 Å². The molecule has 0 fully saturated rings. The summed E-state index contributed by atoms with van der Waals surface area (Å²) in [5, 5.41) is 24.1. The van der Waals surface area contributed by atoms with Crippen LogP contribution in [0, 0.1) is 12.8 Å². The number of carboxylic acid groups (broad SMARTS) is 1. The van der Waals surface area contributed by atoms with Gasteiger partial charge in [0.15, 0.2) is 11.5 Å². The van der Waals surface area contributed by atoms with Crippen LogP contribution in [-0.4, -0.2) is 36.9 Å². The van der Waals surface area contributed by atoms with E-state index < -0.39 is 12.0 Å². The first kappa shape index (κ1) is 12.3. The predicted octanol–water partition coefficient (Wildman–Crippen LogP) is 0.954. The van der Waals surface area contributed by atoms with Gasteiger partial charge in [0.05, 0.1) is 0 Å². The number of anilines is 1. The van der Waals surface area contributed by atoms with Crippen LogP contribution in [0.1, 0.15) is 19.7 Å². The van der Waals surface area contributed by atoms with Gasteiger partial charge < -0.3 is 10.4 Å². The lowest BCUT2D eigenvalue weighted by Crippen LogP contribution is -2.34. The van der Waals surface area contributed by atoms with Crippen LogP contribution >= 0.6 is 0 Å². The molecule has 7 nitrogen and oxygen atoms in total.